The van der Waals surface area contributed by atoms with Gasteiger partial charge in [-0.15, -0.1) is 0 Å². The Labute approximate surface area is 117 Å². The number of amides is 1. The molecule has 0 aliphatic carbocycles. The lowest BCUT2D eigenvalue weighted by Gasteiger charge is -2.30. The summed E-state index contributed by atoms with van der Waals surface area (Å²) in [5.74, 6) is 0.284. The van der Waals surface area contributed by atoms with Crippen molar-refractivity contribution in [2.24, 2.45) is 5.92 Å². The fraction of sp³-hybridized carbons (Fsp3) is 0.562. The molecule has 106 valence electrons. The van der Waals surface area contributed by atoms with Crippen LogP contribution in [0, 0.1) is 5.92 Å². The standard InChI is InChI=1S/C16H26N2O/c1-5-14(2)16(19)17-11-12-18(3,4)13-15-9-7-6-8-10-15/h6-10,14H,5,11-13H2,1-4H3/p+1. The Kier molecular flexibility index (Phi) is 6.03. The number of nitrogens with zero attached hydrogens (tertiary/aromatic N) is 1. The molecule has 0 heterocycles. The molecule has 1 amide bonds. The van der Waals surface area contributed by atoms with Gasteiger partial charge in [0, 0.05) is 11.5 Å². The maximum absolute atomic E-state index is 11.7. The van der Waals surface area contributed by atoms with Crippen molar-refractivity contribution in [1.82, 2.24) is 5.32 Å². The summed E-state index contributed by atoms with van der Waals surface area (Å²) >= 11 is 0. The molecule has 1 rings (SSSR count). The van der Waals surface area contributed by atoms with Gasteiger partial charge in [-0.05, 0) is 6.42 Å². The molecule has 0 saturated carbocycles. The van der Waals surface area contributed by atoms with E-state index in [0.29, 0.717) is 0 Å². The van der Waals surface area contributed by atoms with Crippen molar-refractivity contribution >= 4 is 5.91 Å². The van der Waals surface area contributed by atoms with Gasteiger partial charge in [-0.1, -0.05) is 44.2 Å². The third-order valence-corrected chi connectivity index (χ3v) is 3.53. The van der Waals surface area contributed by atoms with Gasteiger partial charge < -0.3 is 9.80 Å². The second-order valence-corrected chi connectivity index (χ2v) is 5.90. The highest BCUT2D eigenvalue weighted by Gasteiger charge is 2.17. The molecule has 0 aromatic heterocycles. The third-order valence-electron chi connectivity index (χ3n) is 3.53. The number of nitrogens with one attached hydrogen (secondary N) is 1. The van der Waals surface area contributed by atoms with E-state index in [0.717, 1.165) is 30.5 Å². The summed E-state index contributed by atoms with van der Waals surface area (Å²) in [6.45, 7) is 6.68. The van der Waals surface area contributed by atoms with E-state index in [-0.39, 0.29) is 11.8 Å². The van der Waals surface area contributed by atoms with Gasteiger partial charge in [-0.2, -0.15) is 0 Å². The van der Waals surface area contributed by atoms with E-state index in [1.807, 2.05) is 19.9 Å². The van der Waals surface area contributed by atoms with Crippen molar-refractivity contribution in [2.75, 3.05) is 27.2 Å². The molecule has 3 nitrogen and oxygen atoms in total. The van der Waals surface area contributed by atoms with Crippen molar-refractivity contribution in [3.63, 3.8) is 0 Å². The molecule has 0 aliphatic heterocycles. The highest BCUT2D eigenvalue weighted by Crippen LogP contribution is 2.08. The minimum atomic E-state index is 0.115. The summed E-state index contributed by atoms with van der Waals surface area (Å²) in [4.78, 5) is 11.7. The molecular formula is C16H27N2O+. The minimum Gasteiger partial charge on any atom is -0.350 e. The maximum atomic E-state index is 11.7. The van der Waals surface area contributed by atoms with Crippen LogP contribution in [0.1, 0.15) is 25.8 Å². The van der Waals surface area contributed by atoms with Crippen LogP contribution >= 0.6 is 0 Å². The van der Waals surface area contributed by atoms with Crippen molar-refractivity contribution in [3.05, 3.63) is 35.9 Å². The Morgan fingerprint density at radius 1 is 1.26 bits per heavy atom. The monoisotopic (exact) mass is 263 g/mol. The Balaban J connectivity index is 2.37. The lowest BCUT2D eigenvalue weighted by molar-refractivity contribution is -0.902. The number of likely N-dealkylation sites (N-methyl/N-ethyl adjacent to an activating group) is 1. The number of rotatable bonds is 7. The van der Waals surface area contributed by atoms with E-state index in [2.05, 4.69) is 43.7 Å². The van der Waals surface area contributed by atoms with E-state index < -0.39 is 0 Å². The second kappa shape index (κ2) is 7.29. The van der Waals surface area contributed by atoms with Crippen LogP contribution in [0.3, 0.4) is 0 Å². The van der Waals surface area contributed by atoms with Crippen LogP contribution < -0.4 is 5.32 Å². The summed E-state index contributed by atoms with van der Waals surface area (Å²) in [7, 11) is 4.39. The van der Waals surface area contributed by atoms with Gasteiger partial charge >= 0.3 is 0 Å². The highest BCUT2D eigenvalue weighted by atomic mass is 16.1. The average Bonchev–Trinajstić information content (AvgIpc) is 2.38. The molecule has 1 aromatic rings. The Hall–Kier alpha value is -1.35. The molecule has 1 atom stereocenters. The number of quaternary nitrogens is 1. The van der Waals surface area contributed by atoms with Gasteiger partial charge in [0.05, 0.1) is 27.2 Å². The maximum Gasteiger partial charge on any atom is 0.223 e. The first-order chi connectivity index (χ1) is 8.94. The molecule has 0 fully saturated rings. The molecule has 0 bridgehead atoms. The van der Waals surface area contributed by atoms with Crippen LogP contribution in [0.15, 0.2) is 30.3 Å². The highest BCUT2D eigenvalue weighted by molar-refractivity contribution is 5.78. The van der Waals surface area contributed by atoms with Gasteiger partial charge in [-0.3, -0.25) is 4.79 Å². The summed E-state index contributed by atoms with van der Waals surface area (Å²) in [5, 5.41) is 3.02. The van der Waals surface area contributed by atoms with E-state index in [9.17, 15) is 4.79 Å². The van der Waals surface area contributed by atoms with Gasteiger partial charge in [0.15, 0.2) is 0 Å². The fourth-order valence-corrected chi connectivity index (χ4v) is 2.00. The molecule has 3 heteroatoms. The summed E-state index contributed by atoms with van der Waals surface area (Å²) in [6, 6.07) is 10.5. The van der Waals surface area contributed by atoms with Crippen LogP contribution in [0.5, 0.6) is 0 Å². The van der Waals surface area contributed by atoms with E-state index in [1.54, 1.807) is 0 Å². The number of hydrogen-bond acceptors (Lipinski definition) is 1. The van der Waals surface area contributed by atoms with Crippen molar-refractivity contribution in [1.29, 1.82) is 0 Å². The Morgan fingerprint density at radius 3 is 2.47 bits per heavy atom. The van der Waals surface area contributed by atoms with E-state index >= 15 is 0 Å². The predicted molar refractivity (Wildman–Crippen MR) is 79.6 cm³/mol. The summed E-state index contributed by atoms with van der Waals surface area (Å²) in [5.41, 5.74) is 1.33. The predicted octanol–water partition coefficient (Wildman–Crippen LogP) is 2.43. The van der Waals surface area contributed by atoms with Crippen molar-refractivity contribution in [3.8, 4) is 0 Å². The first-order valence-electron chi connectivity index (χ1n) is 7.08. The fourth-order valence-electron chi connectivity index (χ4n) is 2.00. The number of hydrogen-bond donors (Lipinski definition) is 1. The smallest absolute Gasteiger partial charge is 0.223 e. The number of carbonyl (C=O) groups excluding carboxylic acids is 1. The normalized spacial score (nSPS) is 13.1. The van der Waals surface area contributed by atoms with Gasteiger partial charge in [-0.25, -0.2) is 0 Å². The number of carbonyl (C=O) groups is 1. The summed E-state index contributed by atoms with van der Waals surface area (Å²) < 4.78 is 0.880. The Morgan fingerprint density at radius 2 is 1.89 bits per heavy atom. The van der Waals surface area contributed by atoms with E-state index in [4.69, 9.17) is 0 Å². The lowest BCUT2D eigenvalue weighted by atomic mass is 10.1. The van der Waals surface area contributed by atoms with Crippen LogP contribution in [-0.2, 0) is 11.3 Å². The Bertz CT molecular complexity index is 387. The molecule has 1 aromatic carbocycles. The molecule has 0 radical (unpaired) electrons. The van der Waals surface area contributed by atoms with Crippen molar-refractivity contribution in [2.45, 2.75) is 26.8 Å². The largest absolute Gasteiger partial charge is 0.350 e. The number of benzene rings is 1. The first kappa shape index (κ1) is 15.7. The van der Waals surface area contributed by atoms with E-state index in [1.165, 1.54) is 5.56 Å². The zero-order valence-corrected chi connectivity index (χ0v) is 12.6. The van der Waals surface area contributed by atoms with Gasteiger partial charge in [0.25, 0.3) is 0 Å². The van der Waals surface area contributed by atoms with Crippen LogP contribution in [0.25, 0.3) is 0 Å². The zero-order chi connectivity index (χ0) is 14.3. The quantitative estimate of drug-likeness (QED) is 0.752. The zero-order valence-electron chi connectivity index (χ0n) is 12.6. The molecule has 0 saturated heterocycles. The molecule has 19 heavy (non-hydrogen) atoms. The van der Waals surface area contributed by atoms with Crippen LogP contribution in [-0.4, -0.2) is 37.6 Å². The topological polar surface area (TPSA) is 29.1 Å². The summed E-state index contributed by atoms with van der Waals surface area (Å²) in [6.07, 6.45) is 0.897. The third kappa shape index (κ3) is 5.88. The molecule has 1 N–H and O–H groups in total. The SMILES string of the molecule is CCC(C)C(=O)NCC[N+](C)(C)Cc1ccccc1. The van der Waals surface area contributed by atoms with Crippen LogP contribution in [0.4, 0.5) is 0 Å². The first-order valence-corrected chi connectivity index (χ1v) is 7.08. The minimum absolute atomic E-state index is 0.115. The molecule has 0 spiro atoms. The molecule has 0 aliphatic rings. The van der Waals surface area contributed by atoms with Crippen LogP contribution in [0.2, 0.25) is 0 Å². The van der Waals surface area contributed by atoms with Gasteiger partial charge in [0.1, 0.15) is 6.54 Å². The van der Waals surface area contributed by atoms with Gasteiger partial charge in [0.2, 0.25) is 5.91 Å². The van der Waals surface area contributed by atoms with Crippen molar-refractivity contribution < 1.29 is 9.28 Å². The second-order valence-electron chi connectivity index (χ2n) is 5.90. The molecule has 1 unspecified atom stereocenters. The lowest BCUT2D eigenvalue weighted by Crippen LogP contribution is -2.45. The average molecular weight is 263 g/mol. The molecular weight excluding hydrogens is 236 g/mol.